The number of amides is 1. The Bertz CT molecular complexity index is 319. The van der Waals surface area contributed by atoms with E-state index in [0.717, 1.165) is 6.42 Å². The van der Waals surface area contributed by atoms with Crippen molar-refractivity contribution < 1.29 is 18.0 Å². The van der Waals surface area contributed by atoms with Crippen LogP contribution in [0.15, 0.2) is 0 Å². The van der Waals surface area contributed by atoms with Crippen LogP contribution < -0.4 is 5.73 Å². The van der Waals surface area contributed by atoms with E-state index in [9.17, 15) is 18.0 Å². The number of carbonyl (C=O) groups excluding carboxylic acids is 1. The molecule has 0 aromatic carbocycles. The molecule has 0 bridgehead atoms. The summed E-state index contributed by atoms with van der Waals surface area (Å²) < 4.78 is 37.9. The van der Waals surface area contributed by atoms with Gasteiger partial charge in [-0.2, -0.15) is 13.2 Å². The van der Waals surface area contributed by atoms with E-state index >= 15 is 0 Å². The van der Waals surface area contributed by atoms with Crippen molar-refractivity contribution >= 4 is 23.1 Å². The quantitative estimate of drug-likeness (QED) is 0.790. The third-order valence-electron chi connectivity index (χ3n) is 3.01. The number of likely N-dealkylation sites (tertiary alicyclic amines) is 1. The fourth-order valence-corrected chi connectivity index (χ4v) is 2.09. The molecule has 17 heavy (non-hydrogen) atoms. The molecule has 1 amide bonds. The van der Waals surface area contributed by atoms with Gasteiger partial charge in [-0.3, -0.25) is 4.79 Å². The predicted molar refractivity (Wildman–Crippen MR) is 61.3 cm³/mol. The van der Waals surface area contributed by atoms with E-state index in [1.807, 2.05) is 6.92 Å². The molecule has 0 aromatic heterocycles. The molecule has 2 unspecified atom stereocenters. The molecule has 0 saturated carbocycles. The third kappa shape index (κ3) is 3.55. The van der Waals surface area contributed by atoms with E-state index in [2.05, 4.69) is 12.2 Å². The van der Waals surface area contributed by atoms with Crippen LogP contribution in [0.25, 0.3) is 0 Å². The highest BCUT2D eigenvalue weighted by Gasteiger charge is 2.44. The summed E-state index contributed by atoms with van der Waals surface area (Å²) >= 11 is 4.42. The van der Waals surface area contributed by atoms with E-state index < -0.39 is 23.6 Å². The molecule has 2 N–H and O–H groups in total. The van der Waals surface area contributed by atoms with Gasteiger partial charge in [-0.1, -0.05) is 25.6 Å². The molecule has 2 atom stereocenters. The van der Waals surface area contributed by atoms with Crippen molar-refractivity contribution in [1.82, 2.24) is 4.90 Å². The Kier molecular flexibility index (Phi) is 4.35. The van der Waals surface area contributed by atoms with E-state index in [1.165, 1.54) is 4.90 Å². The first-order valence-electron chi connectivity index (χ1n) is 5.39. The van der Waals surface area contributed by atoms with Gasteiger partial charge in [0.2, 0.25) is 5.91 Å². The minimum Gasteiger partial charge on any atom is -0.393 e. The topological polar surface area (TPSA) is 46.3 Å². The molecule has 1 heterocycles. The molecule has 7 heteroatoms. The molecule has 0 radical (unpaired) electrons. The van der Waals surface area contributed by atoms with Crippen LogP contribution in [0.4, 0.5) is 13.2 Å². The van der Waals surface area contributed by atoms with Gasteiger partial charge in [0.05, 0.1) is 4.99 Å². The summed E-state index contributed by atoms with van der Waals surface area (Å²) in [6, 6.07) is 0. The molecule has 1 saturated heterocycles. The largest absolute Gasteiger partial charge is 0.399 e. The van der Waals surface area contributed by atoms with Crippen molar-refractivity contribution in [2.45, 2.75) is 25.9 Å². The summed E-state index contributed by atoms with van der Waals surface area (Å²) in [5.41, 5.74) is 5.09. The van der Waals surface area contributed by atoms with Gasteiger partial charge >= 0.3 is 6.18 Å². The molecular formula is C10H15F3N2OS. The van der Waals surface area contributed by atoms with Crippen molar-refractivity contribution in [1.29, 1.82) is 0 Å². The predicted octanol–water partition coefficient (Wildman–Crippen LogP) is 1.71. The zero-order valence-electron chi connectivity index (χ0n) is 9.46. The van der Waals surface area contributed by atoms with Crippen LogP contribution in [0.2, 0.25) is 0 Å². The lowest BCUT2D eigenvalue weighted by atomic mass is 10.1. The second kappa shape index (κ2) is 5.20. The molecule has 0 spiro atoms. The first-order valence-corrected chi connectivity index (χ1v) is 5.80. The van der Waals surface area contributed by atoms with E-state index in [4.69, 9.17) is 5.73 Å². The van der Waals surface area contributed by atoms with Gasteiger partial charge in [-0.05, 0) is 5.92 Å². The minimum atomic E-state index is -4.49. The normalized spacial score (nSPS) is 22.9. The van der Waals surface area contributed by atoms with Gasteiger partial charge in [0, 0.05) is 19.5 Å². The molecule has 1 aliphatic heterocycles. The summed E-state index contributed by atoms with van der Waals surface area (Å²) in [5.74, 6) is -2.01. The van der Waals surface area contributed by atoms with Gasteiger partial charge in [-0.15, -0.1) is 0 Å². The fourth-order valence-electron chi connectivity index (χ4n) is 1.88. The van der Waals surface area contributed by atoms with Gasteiger partial charge in [0.25, 0.3) is 0 Å². The summed E-state index contributed by atoms with van der Waals surface area (Å²) in [5, 5.41) is 0. The molecule has 3 nitrogen and oxygen atoms in total. The van der Waals surface area contributed by atoms with Gasteiger partial charge in [0.1, 0.15) is 5.92 Å². The van der Waals surface area contributed by atoms with E-state index in [0.29, 0.717) is 13.0 Å². The SMILES string of the molecule is CCC1CC(=O)N(CC(C(N)=S)C(F)(F)F)C1. The Labute approximate surface area is 103 Å². The lowest BCUT2D eigenvalue weighted by Crippen LogP contribution is -2.44. The van der Waals surface area contributed by atoms with Gasteiger partial charge in [0.15, 0.2) is 0 Å². The van der Waals surface area contributed by atoms with Crippen LogP contribution in [0, 0.1) is 11.8 Å². The van der Waals surface area contributed by atoms with Gasteiger partial charge in [-0.25, -0.2) is 0 Å². The zero-order chi connectivity index (χ0) is 13.2. The average molecular weight is 268 g/mol. The number of nitrogens with zero attached hydrogens (tertiary/aromatic N) is 1. The van der Waals surface area contributed by atoms with Crippen molar-refractivity contribution in [3.05, 3.63) is 0 Å². The molecule has 1 fully saturated rings. The lowest BCUT2D eigenvalue weighted by molar-refractivity contribution is -0.161. The molecule has 98 valence electrons. The van der Waals surface area contributed by atoms with Crippen LogP contribution in [0.5, 0.6) is 0 Å². The average Bonchev–Trinajstić information content (AvgIpc) is 2.53. The Hall–Kier alpha value is -0.850. The number of hydrogen-bond donors (Lipinski definition) is 1. The minimum absolute atomic E-state index is 0.141. The fraction of sp³-hybridized carbons (Fsp3) is 0.800. The molecule has 0 aromatic rings. The van der Waals surface area contributed by atoms with Crippen LogP contribution >= 0.6 is 12.2 Å². The Balaban J connectivity index is 2.69. The number of halogens is 3. The second-order valence-corrected chi connectivity index (χ2v) is 4.75. The highest BCUT2D eigenvalue weighted by atomic mass is 32.1. The monoisotopic (exact) mass is 268 g/mol. The maximum Gasteiger partial charge on any atom is 0.399 e. The number of rotatable bonds is 4. The summed E-state index contributed by atoms with van der Waals surface area (Å²) in [4.78, 5) is 12.1. The summed E-state index contributed by atoms with van der Waals surface area (Å²) in [6.07, 6.45) is -3.39. The number of carbonyl (C=O) groups is 1. The Morgan fingerprint density at radius 3 is 2.59 bits per heavy atom. The van der Waals surface area contributed by atoms with E-state index in [1.54, 1.807) is 0 Å². The maximum atomic E-state index is 12.6. The Morgan fingerprint density at radius 1 is 1.65 bits per heavy atom. The highest BCUT2D eigenvalue weighted by molar-refractivity contribution is 7.80. The van der Waals surface area contributed by atoms with Crippen LogP contribution in [-0.2, 0) is 4.79 Å². The molecule has 1 rings (SSSR count). The number of nitrogens with two attached hydrogens (primary N) is 1. The van der Waals surface area contributed by atoms with Crippen LogP contribution in [-0.4, -0.2) is 35.1 Å². The van der Waals surface area contributed by atoms with Crippen molar-refractivity contribution in [2.75, 3.05) is 13.1 Å². The number of thiocarbonyl (C=S) groups is 1. The first-order chi connectivity index (χ1) is 7.75. The smallest absolute Gasteiger partial charge is 0.393 e. The van der Waals surface area contributed by atoms with Crippen molar-refractivity contribution in [2.24, 2.45) is 17.6 Å². The maximum absolute atomic E-state index is 12.6. The van der Waals surface area contributed by atoms with Crippen molar-refractivity contribution in [3.63, 3.8) is 0 Å². The third-order valence-corrected chi connectivity index (χ3v) is 3.30. The van der Waals surface area contributed by atoms with Gasteiger partial charge < -0.3 is 10.6 Å². The van der Waals surface area contributed by atoms with E-state index in [-0.39, 0.29) is 11.8 Å². The van der Waals surface area contributed by atoms with Crippen LogP contribution in [0.3, 0.4) is 0 Å². The molecule has 0 aliphatic carbocycles. The first kappa shape index (κ1) is 14.2. The Morgan fingerprint density at radius 2 is 2.24 bits per heavy atom. The molecular weight excluding hydrogens is 253 g/mol. The lowest BCUT2D eigenvalue weighted by Gasteiger charge is -2.25. The summed E-state index contributed by atoms with van der Waals surface area (Å²) in [7, 11) is 0. The second-order valence-electron chi connectivity index (χ2n) is 4.27. The number of hydrogen-bond acceptors (Lipinski definition) is 2. The highest BCUT2D eigenvalue weighted by Crippen LogP contribution is 2.30. The van der Waals surface area contributed by atoms with Crippen molar-refractivity contribution in [3.8, 4) is 0 Å². The van der Waals surface area contributed by atoms with Crippen LogP contribution in [0.1, 0.15) is 19.8 Å². The number of alkyl halides is 3. The standard InChI is InChI=1S/C10H15F3N2OS/c1-2-6-3-8(16)15(4-6)5-7(9(14)17)10(11,12)13/h6-7H,2-5H2,1H3,(H2,14,17). The zero-order valence-corrected chi connectivity index (χ0v) is 10.3. The molecule has 1 aliphatic rings. The summed E-state index contributed by atoms with van der Waals surface area (Å²) in [6.45, 7) is 1.83.